The van der Waals surface area contributed by atoms with Crippen molar-refractivity contribution in [1.82, 2.24) is 0 Å². The number of carbonyl (C=O) groups excluding carboxylic acids is 3. The van der Waals surface area contributed by atoms with Gasteiger partial charge in [-0.25, -0.2) is 0 Å². The lowest BCUT2D eigenvalue weighted by Crippen LogP contribution is -2.30. The number of ether oxygens (including phenoxy) is 3. The maximum Gasteiger partial charge on any atom is 0.306 e. The second-order valence-corrected chi connectivity index (χ2v) is 12.3. The third-order valence-electron chi connectivity index (χ3n) is 7.54. The highest BCUT2D eigenvalue weighted by atomic mass is 16.6. The molecule has 6 heteroatoms. The Morgan fingerprint density at radius 3 is 1.20 bits per heavy atom. The minimum absolute atomic E-state index is 0.0681. The Labute approximate surface area is 253 Å². The number of unbranched alkanes of at least 4 members (excludes halogenated alkanes) is 17. The summed E-state index contributed by atoms with van der Waals surface area (Å²) in [7, 11) is 0. The van der Waals surface area contributed by atoms with Gasteiger partial charge in [0, 0.05) is 19.3 Å². The molecule has 0 aromatic heterocycles. The van der Waals surface area contributed by atoms with Crippen molar-refractivity contribution in [2.75, 3.05) is 13.2 Å². The molecule has 242 valence electrons. The summed E-state index contributed by atoms with van der Waals surface area (Å²) >= 11 is 0. The molecule has 0 aliphatic heterocycles. The van der Waals surface area contributed by atoms with Crippen molar-refractivity contribution in [3.8, 4) is 0 Å². The predicted molar refractivity (Wildman–Crippen MR) is 169 cm³/mol. The fourth-order valence-corrected chi connectivity index (χ4v) is 4.86. The van der Waals surface area contributed by atoms with Crippen molar-refractivity contribution in [1.29, 1.82) is 0 Å². The summed E-state index contributed by atoms with van der Waals surface area (Å²) < 4.78 is 16.3. The average molecular weight is 583 g/mol. The van der Waals surface area contributed by atoms with E-state index in [0.29, 0.717) is 19.3 Å². The Morgan fingerprint density at radius 2 is 0.805 bits per heavy atom. The highest BCUT2D eigenvalue weighted by Crippen LogP contribution is 2.14. The van der Waals surface area contributed by atoms with E-state index in [9.17, 15) is 14.4 Å². The van der Waals surface area contributed by atoms with Crippen LogP contribution in [0.25, 0.3) is 0 Å². The molecule has 0 unspecified atom stereocenters. The average Bonchev–Trinajstić information content (AvgIpc) is 2.94. The van der Waals surface area contributed by atoms with Gasteiger partial charge in [0.2, 0.25) is 0 Å². The molecular formula is C35H66O6. The van der Waals surface area contributed by atoms with E-state index in [1.165, 1.54) is 64.2 Å². The van der Waals surface area contributed by atoms with Crippen LogP contribution in [0.3, 0.4) is 0 Å². The third-order valence-corrected chi connectivity index (χ3v) is 7.54. The molecule has 0 amide bonds. The molecule has 0 N–H and O–H groups in total. The van der Waals surface area contributed by atoms with E-state index in [-0.39, 0.29) is 31.1 Å². The SMILES string of the molecule is CCCCCCCC(=O)OC[C@@H](COC(=O)CCCCCCCCCCCCC(C)C)OC(=O)CCCCCCC. The molecule has 0 aliphatic rings. The van der Waals surface area contributed by atoms with Crippen LogP contribution in [0.5, 0.6) is 0 Å². The van der Waals surface area contributed by atoms with Crippen LogP contribution in [0, 0.1) is 5.92 Å². The van der Waals surface area contributed by atoms with Crippen LogP contribution in [0.1, 0.15) is 182 Å². The number of carbonyl (C=O) groups is 3. The van der Waals surface area contributed by atoms with Crippen LogP contribution < -0.4 is 0 Å². The molecule has 0 aromatic rings. The highest BCUT2D eigenvalue weighted by molar-refractivity contribution is 5.71. The minimum atomic E-state index is -0.753. The minimum Gasteiger partial charge on any atom is -0.462 e. The van der Waals surface area contributed by atoms with Crippen LogP contribution in [-0.2, 0) is 28.6 Å². The Balaban J connectivity index is 4.18. The summed E-state index contributed by atoms with van der Waals surface area (Å²) in [5.41, 5.74) is 0. The van der Waals surface area contributed by atoms with Gasteiger partial charge in [-0.3, -0.25) is 14.4 Å². The Hall–Kier alpha value is -1.59. The van der Waals surface area contributed by atoms with Crippen molar-refractivity contribution in [2.24, 2.45) is 5.92 Å². The summed E-state index contributed by atoms with van der Waals surface area (Å²) in [6, 6.07) is 0. The molecule has 0 fully saturated rings. The highest BCUT2D eigenvalue weighted by Gasteiger charge is 2.19. The van der Waals surface area contributed by atoms with Crippen LogP contribution in [0.4, 0.5) is 0 Å². The predicted octanol–water partition coefficient (Wildman–Crippen LogP) is 10.0. The lowest BCUT2D eigenvalue weighted by Gasteiger charge is -2.18. The number of hydrogen-bond donors (Lipinski definition) is 0. The summed E-state index contributed by atoms with van der Waals surface area (Å²) in [6.45, 7) is 8.77. The maximum atomic E-state index is 12.4. The molecule has 0 heterocycles. The van der Waals surface area contributed by atoms with Crippen molar-refractivity contribution in [3.05, 3.63) is 0 Å². The molecule has 0 aliphatic carbocycles. The third kappa shape index (κ3) is 29.7. The van der Waals surface area contributed by atoms with Gasteiger partial charge in [0.05, 0.1) is 0 Å². The smallest absolute Gasteiger partial charge is 0.306 e. The van der Waals surface area contributed by atoms with Gasteiger partial charge in [0.15, 0.2) is 6.10 Å². The van der Waals surface area contributed by atoms with E-state index < -0.39 is 6.10 Å². The fourth-order valence-electron chi connectivity index (χ4n) is 4.86. The molecule has 6 nitrogen and oxygen atoms in total. The van der Waals surface area contributed by atoms with Crippen molar-refractivity contribution in [3.63, 3.8) is 0 Å². The molecule has 0 spiro atoms. The quantitative estimate of drug-likeness (QED) is 0.0476. The van der Waals surface area contributed by atoms with Gasteiger partial charge < -0.3 is 14.2 Å². The molecule has 0 aromatic carbocycles. The van der Waals surface area contributed by atoms with Crippen molar-refractivity contribution >= 4 is 17.9 Å². The summed E-state index contributed by atoms with van der Waals surface area (Å²) in [6.07, 6.45) is 24.3. The van der Waals surface area contributed by atoms with E-state index in [0.717, 1.165) is 76.5 Å². The van der Waals surface area contributed by atoms with Crippen molar-refractivity contribution in [2.45, 2.75) is 188 Å². The molecule has 0 radical (unpaired) electrons. The zero-order valence-corrected chi connectivity index (χ0v) is 27.5. The van der Waals surface area contributed by atoms with Crippen LogP contribution in [0.2, 0.25) is 0 Å². The first-order valence-electron chi connectivity index (χ1n) is 17.4. The van der Waals surface area contributed by atoms with Gasteiger partial charge in [-0.15, -0.1) is 0 Å². The Kier molecular flexibility index (Phi) is 28.7. The van der Waals surface area contributed by atoms with Crippen LogP contribution in [0.15, 0.2) is 0 Å². The van der Waals surface area contributed by atoms with E-state index >= 15 is 0 Å². The number of esters is 3. The largest absolute Gasteiger partial charge is 0.462 e. The summed E-state index contributed by atoms with van der Waals surface area (Å²) in [5, 5.41) is 0. The topological polar surface area (TPSA) is 78.9 Å². The molecule has 0 rings (SSSR count). The first-order chi connectivity index (χ1) is 19.9. The van der Waals surface area contributed by atoms with Crippen LogP contribution >= 0.6 is 0 Å². The lowest BCUT2D eigenvalue weighted by molar-refractivity contribution is -0.167. The standard InChI is InChI=1S/C35H66O6/c1-5-7-9-17-22-26-33(36)39-29-32(41-35(38)28-24-18-10-8-6-2)30-40-34(37)27-23-20-16-14-12-11-13-15-19-21-25-31(3)4/h31-32H,5-30H2,1-4H3/t32-/m0/s1. The molecule has 1 atom stereocenters. The maximum absolute atomic E-state index is 12.4. The zero-order chi connectivity index (χ0) is 30.4. The van der Waals surface area contributed by atoms with Crippen molar-refractivity contribution < 1.29 is 28.6 Å². The molecule has 0 saturated heterocycles. The first kappa shape index (κ1) is 39.4. The fraction of sp³-hybridized carbons (Fsp3) is 0.914. The first-order valence-corrected chi connectivity index (χ1v) is 17.4. The monoisotopic (exact) mass is 582 g/mol. The van der Waals surface area contributed by atoms with Gasteiger partial charge >= 0.3 is 17.9 Å². The van der Waals surface area contributed by atoms with Gasteiger partial charge in [-0.1, -0.05) is 143 Å². The van der Waals surface area contributed by atoms with E-state index in [4.69, 9.17) is 14.2 Å². The van der Waals surface area contributed by atoms with Gasteiger partial charge in [0.1, 0.15) is 13.2 Å². The number of hydrogen-bond acceptors (Lipinski definition) is 6. The van der Waals surface area contributed by atoms with E-state index in [1.807, 2.05) is 0 Å². The Morgan fingerprint density at radius 1 is 0.463 bits per heavy atom. The van der Waals surface area contributed by atoms with E-state index in [1.54, 1.807) is 0 Å². The second kappa shape index (κ2) is 29.9. The zero-order valence-electron chi connectivity index (χ0n) is 27.5. The molecular weight excluding hydrogens is 516 g/mol. The second-order valence-electron chi connectivity index (χ2n) is 12.3. The van der Waals surface area contributed by atoms with Crippen LogP contribution in [-0.4, -0.2) is 37.2 Å². The summed E-state index contributed by atoms with van der Waals surface area (Å²) in [4.78, 5) is 36.8. The van der Waals surface area contributed by atoms with E-state index in [2.05, 4.69) is 27.7 Å². The molecule has 41 heavy (non-hydrogen) atoms. The lowest BCUT2D eigenvalue weighted by atomic mass is 10.0. The summed E-state index contributed by atoms with van der Waals surface area (Å²) in [5.74, 6) is -0.0805. The van der Waals surface area contributed by atoms with Gasteiger partial charge in [-0.2, -0.15) is 0 Å². The van der Waals surface area contributed by atoms with Gasteiger partial charge in [0.25, 0.3) is 0 Å². The molecule has 0 bridgehead atoms. The number of rotatable bonds is 30. The Bertz CT molecular complexity index is 618. The normalized spacial score (nSPS) is 11.9. The molecule has 0 saturated carbocycles. The van der Waals surface area contributed by atoms with Gasteiger partial charge in [-0.05, 0) is 25.2 Å².